The molecule has 1 aromatic carbocycles. The monoisotopic (exact) mass is 324 g/mol. The average Bonchev–Trinajstić information content (AvgIpc) is 3.05. The van der Waals surface area contributed by atoms with Crippen LogP contribution < -0.4 is 0 Å². The van der Waals surface area contributed by atoms with E-state index in [-0.39, 0.29) is 0 Å². The molecule has 1 nitrogen and oxygen atoms in total. The molecular formula is C15H17BrOS. The third-order valence-corrected chi connectivity index (χ3v) is 5.55. The Balaban J connectivity index is 1.69. The summed E-state index contributed by atoms with van der Waals surface area (Å²) in [5, 5.41) is 3.69. The first-order valence-corrected chi connectivity index (χ1v) is 8.36. The van der Waals surface area contributed by atoms with Gasteiger partial charge in [-0.05, 0) is 48.1 Å². The molecule has 0 radical (unpaired) electrons. The molecule has 0 spiro atoms. The van der Waals surface area contributed by atoms with E-state index in [0.717, 1.165) is 13.0 Å². The van der Waals surface area contributed by atoms with Crippen molar-refractivity contribution in [3.63, 3.8) is 0 Å². The fourth-order valence-corrected chi connectivity index (χ4v) is 4.43. The van der Waals surface area contributed by atoms with Crippen LogP contribution in [0.4, 0.5) is 0 Å². The van der Waals surface area contributed by atoms with E-state index in [1.54, 1.807) is 0 Å². The molecule has 3 rings (SSSR count). The summed E-state index contributed by atoms with van der Waals surface area (Å²) in [4.78, 5) is 0.456. The molecule has 2 heterocycles. The quantitative estimate of drug-likeness (QED) is 0.694. The van der Waals surface area contributed by atoms with Crippen molar-refractivity contribution in [2.45, 2.75) is 36.6 Å². The van der Waals surface area contributed by atoms with Crippen molar-refractivity contribution in [1.29, 1.82) is 0 Å². The average molecular weight is 325 g/mol. The van der Waals surface area contributed by atoms with Crippen LogP contribution >= 0.6 is 27.3 Å². The second-order valence-electron chi connectivity index (χ2n) is 4.87. The van der Waals surface area contributed by atoms with E-state index < -0.39 is 0 Å². The normalized spacial score (nSPS) is 21.5. The third kappa shape index (κ3) is 2.63. The van der Waals surface area contributed by atoms with Gasteiger partial charge in [-0.15, -0.1) is 11.3 Å². The number of rotatable bonds is 4. The van der Waals surface area contributed by atoms with E-state index in [1.165, 1.54) is 34.9 Å². The van der Waals surface area contributed by atoms with Gasteiger partial charge in [-0.25, -0.2) is 0 Å². The Bertz CT molecular complexity index is 516. The highest BCUT2D eigenvalue weighted by Gasteiger charge is 2.19. The van der Waals surface area contributed by atoms with Crippen molar-refractivity contribution in [1.82, 2.24) is 0 Å². The minimum atomic E-state index is 0.456. The van der Waals surface area contributed by atoms with Crippen molar-refractivity contribution in [3.05, 3.63) is 35.2 Å². The molecule has 2 unspecified atom stereocenters. The smallest absolute Gasteiger partial charge is 0.0576 e. The number of benzene rings is 1. The van der Waals surface area contributed by atoms with Gasteiger partial charge in [-0.3, -0.25) is 0 Å². The molecule has 1 fully saturated rings. The first kappa shape index (κ1) is 12.6. The summed E-state index contributed by atoms with van der Waals surface area (Å²) in [5.41, 5.74) is 1.44. The van der Waals surface area contributed by atoms with Crippen LogP contribution in [-0.4, -0.2) is 12.7 Å². The van der Waals surface area contributed by atoms with E-state index >= 15 is 0 Å². The molecule has 0 bridgehead atoms. The SMILES string of the molecule is BrC(CCC1CCCO1)c1csc2ccccc12. The van der Waals surface area contributed by atoms with Crippen LogP contribution in [0.5, 0.6) is 0 Å². The van der Waals surface area contributed by atoms with Gasteiger partial charge in [0.2, 0.25) is 0 Å². The lowest BCUT2D eigenvalue weighted by Gasteiger charge is -2.13. The highest BCUT2D eigenvalue weighted by atomic mass is 79.9. The zero-order valence-corrected chi connectivity index (χ0v) is 12.7. The van der Waals surface area contributed by atoms with E-state index in [9.17, 15) is 0 Å². The maximum absolute atomic E-state index is 5.69. The summed E-state index contributed by atoms with van der Waals surface area (Å²) in [7, 11) is 0. The Morgan fingerprint density at radius 2 is 2.28 bits per heavy atom. The number of halogens is 1. The Kier molecular flexibility index (Phi) is 4.02. The molecule has 1 aromatic heterocycles. The molecule has 2 atom stereocenters. The van der Waals surface area contributed by atoms with Gasteiger partial charge >= 0.3 is 0 Å². The number of ether oxygens (including phenoxy) is 1. The minimum Gasteiger partial charge on any atom is -0.378 e. The van der Waals surface area contributed by atoms with Crippen molar-refractivity contribution < 1.29 is 4.74 Å². The van der Waals surface area contributed by atoms with Crippen LogP contribution in [0.1, 0.15) is 36.1 Å². The Morgan fingerprint density at radius 1 is 1.39 bits per heavy atom. The lowest BCUT2D eigenvalue weighted by atomic mass is 10.0. The lowest BCUT2D eigenvalue weighted by molar-refractivity contribution is 0.102. The fourth-order valence-electron chi connectivity index (χ4n) is 2.60. The number of fused-ring (bicyclic) bond motifs is 1. The van der Waals surface area contributed by atoms with Crippen molar-refractivity contribution >= 4 is 37.4 Å². The molecule has 1 saturated heterocycles. The molecule has 18 heavy (non-hydrogen) atoms. The molecular weight excluding hydrogens is 308 g/mol. The first-order valence-electron chi connectivity index (χ1n) is 6.56. The van der Waals surface area contributed by atoms with Crippen molar-refractivity contribution in [3.8, 4) is 0 Å². The minimum absolute atomic E-state index is 0.456. The number of thiophene rings is 1. The second-order valence-corrected chi connectivity index (χ2v) is 6.88. The van der Waals surface area contributed by atoms with Crippen LogP contribution in [0.15, 0.2) is 29.6 Å². The predicted molar refractivity (Wildman–Crippen MR) is 81.7 cm³/mol. The Labute approximate surface area is 120 Å². The summed E-state index contributed by atoms with van der Waals surface area (Å²) >= 11 is 5.68. The highest BCUT2D eigenvalue weighted by Crippen LogP contribution is 2.37. The number of hydrogen-bond acceptors (Lipinski definition) is 2. The van der Waals surface area contributed by atoms with E-state index in [1.807, 2.05) is 11.3 Å². The van der Waals surface area contributed by atoms with Gasteiger partial charge in [0.1, 0.15) is 0 Å². The Hall–Kier alpha value is -0.380. The second kappa shape index (κ2) is 5.72. The van der Waals surface area contributed by atoms with Gasteiger partial charge in [0.05, 0.1) is 6.10 Å². The van der Waals surface area contributed by atoms with Gasteiger partial charge in [-0.1, -0.05) is 34.1 Å². The molecule has 0 amide bonds. The third-order valence-electron chi connectivity index (χ3n) is 3.61. The van der Waals surface area contributed by atoms with Crippen LogP contribution in [0.25, 0.3) is 10.1 Å². The standard InChI is InChI=1S/C15H17BrOS/c16-14(8-7-11-4-3-9-17-11)13-10-18-15-6-2-1-5-12(13)15/h1-2,5-6,10-11,14H,3-4,7-9H2. The summed E-state index contributed by atoms with van der Waals surface area (Å²) in [6.07, 6.45) is 5.30. The molecule has 1 aliphatic heterocycles. The lowest BCUT2D eigenvalue weighted by Crippen LogP contribution is -2.05. The highest BCUT2D eigenvalue weighted by molar-refractivity contribution is 9.09. The largest absolute Gasteiger partial charge is 0.378 e. The molecule has 0 saturated carbocycles. The molecule has 0 aliphatic carbocycles. The van der Waals surface area contributed by atoms with E-state index in [2.05, 4.69) is 45.6 Å². The number of hydrogen-bond donors (Lipinski definition) is 0. The van der Waals surface area contributed by atoms with Crippen molar-refractivity contribution in [2.24, 2.45) is 0 Å². The topological polar surface area (TPSA) is 9.23 Å². The zero-order chi connectivity index (χ0) is 12.4. The fraction of sp³-hybridized carbons (Fsp3) is 0.467. The van der Waals surface area contributed by atoms with Gasteiger partial charge in [0, 0.05) is 16.1 Å². The predicted octanol–water partition coefficient (Wildman–Crippen LogP) is 5.30. The van der Waals surface area contributed by atoms with Gasteiger partial charge in [-0.2, -0.15) is 0 Å². The summed E-state index contributed by atoms with van der Waals surface area (Å²) < 4.78 is 7.07. The van der Waals surface area contributed by atoms with E-state index in [0.29, 0.717) is 10.9 Å². The van der Waals surface area contributed by atoms with Gasteiger partial charge in [0.25, 0.3) is 0 Å². The Morgan fingerprint density at radius 3 is 3.11 bits per heavy atom. The molecule has 96 valence electrons. The van der Waals surface area contributed by atoms with Crippen molar-refractivity contribution in [2.75, 3.05) is 6.61 Å². The summed E-state index contributed by atoms with van der Waals surface area (Å²) in [6, 6.07) is 8.65. The first-order chi connectivity index (χ1) is 8.84. The molecule has 2 aromatic rings. The maximum Gasteiger partial charge on any atom is 0.0576 e. The van der Waals surface area contributed by atoms with Gasteiger partial charge in [0.15, 0.2) is 0 Å². The van der Waals surface area contributed by atoms with Crippen LogP contribution in [0.2, 0.25) is 0 Å². The van der Waals surface area contributed by atoms with Crippen LogP contribution in [0, 0.1) is 0 Å². The van der Waals surface area contributed by atoms with Crippen LogP contribution in [0.3, 0.4) is 0 Å². The molecule has 1 aliphatic rings. The van der Waals surface area contributed by atoms with Gasteiger partial charge < -0.3 is 4.74 Å². The maximum atomic E-state index is 5.69. The summed E-state index contributed by atoms with van der Waals surface area (Å²) in [5.74, 6) is 0. The van der Waals surface area contributed by atoms with Crippen LogP contribution in [-0.2, 0) is 4.74 Å². The summed E-state index contributed by atoms with van der Waals surface area (Å²) in [6.45, 7) is 0.957. The number of alkyl halides is 1. The zero-order valence-electron chi connectivity index (χ0n) is 10.3. The molecule has 3 heteroatoms. The molecule has 0 N–H and O–H groups in total. The van der Waals surface area contributed by atoms with E-state index in [4.69, 9.17) is 4.74 Å².